The molecule has 0 aliphatic carbocycles. The highest BCUT2D eigenvalue weighted by Crippen LogP contribution is 2.11. The van der Waals surface area contributed by atoms with E-state index >= 15 is 0 Å². The molecule has 0 aliphatic rings. The average Bonchev–Trinajstić information content (AvgIpc) is 2.09. The van der Waals surface area contributed by atoms with Gasteiger partial charge in [0.1, 0.15) is 11.6 Å². The zero-order valence-electron chi connectivity index (χ0n) is 5.73. The normalized spacial score (nSPS) is 8.00. The Balaban J connectivity index is 2.99. The number of azide groups is 2. The minimum Gasteiger partial charge on any atom is -0.148 e. The first-order valence-corrected chi connectivity index (χ1v) is 2.81. The number of rotatable bonds is 2. The number of hydrogen-bond donors (Lipinski definition) is 0. The van der Waals surface area contributed by atoms with Gasteiger partial charge < -0.3 is 0 Å². The lowest BCUT2D eigenvalue weighted by Gasteiger charge is -1.88. The maximum Gasteiger partial charge on any atom is 0.149 e. The fourth-order valence-electron chi connectivity index (χ4n) is 0.517. The Morgan fingerprint density at radius 2 is 1.42 bits per heavy atom. The van der Waals surface area contributed by atoms with Crippen LogP contribution >= 0.6 is 0 Å². The van der Waals surface area contributed by atoms with E-state index < -0.39 is 0 Å². The maximum absolute atomic E-state index is 8.00. The monoisotopic (exact) mass is 162 g/mol. The molecule has 12 heavy (non-hydrogen) atoms. The van der Waals surface area contributed by atoms with Crippen molar-refractivity contribution in [3.05, 3.63) is 33.0 Å². The van der Waals surface area contributed by atoms with E-state index in [1.165, 1.54) is 12.1 Å². The molecule has 0 bridgehead atoms. The molecule has 0 radical (unpaired) electrons. The van der Waals surface area contributed by atoms with Gasteiger partial charge in [0, 0.05) is 9.82 Å². The molecule has 0 saturated carbocycles. The van der Waals surface area contributed by atoms with Crippen LogP contribution in [-0.2, 0) is 0 Å². The Bertz CT molecular complexity index is 316. The van der Waals surface area contributed by atoms with Crippen LogP contribution in [0, 0.1) is 0 Å². The third-order valence-corrected chi connectivity index (χ3v) is 0.931. The zero-order valence-corrected chi connectivity index (χ0v) is 5.73. The predicted octanol–water partition coefficient (Wildman–Crippen LogP) is 2.36. The molecule has 1 rings (SSSR count). The van der Waals surface area contributed by atoms with E-state index in [1.54, 1.807) is 0 Å². The molecule has 58 valence electrons. The Hall–Kier alpha value is -2.30. The minimum atomic E-state index is 0.134. The van der Waals surface area contributed by atoms with E-state index in [4.69, 9.17) is 11.1 Å². The van der Waals surface area contributed by atoms with Crippen molar-refractivity contribution in [1.29, 1.82) is 0 Å². The standard InChI is InChI=1S/C4H2N8/c5-11-9-3-1-2-4(8-7-3)10-12-6/h1-2H. The highest BCUT2D eigenvalue weighted by atomic mass is 15.3. The molecule has 1 aromatic heterocycles. The van der Waals surface area contributed by atoms with Gasteiger partial charge in [-0.2, -0.15) is 0 Å². The van der Waals surface area contributed by atoms with Gasteiger partial charge >= 0.3 is 0 Å². The Morgan fingerprint density at radius 1 is 1.00 bits per heavy atom. The van der Waals surface area contributed by atoms with E-state index in [2.05, 4.69) is 30.2 Å². The van der Waals surface area contributed by atoms with Crippen LogP contribution in [0.2, 0.25) is 0 Å². The fourth-order valence-corrected chi connectivity index (χ4v) is 0.517. The second-order valence-corrected chi connectivity index (χ2v) is 1.63. The summed E-state index contributed by atoms with van der Waals surface area (Å²) in [6.45, 7) is 0. The molecule has 1 aromatic rings. The molecule has 8 nitrogen and oxygen atoms in total. The summed E-state index contributed by atoms with van der Waals surface area (Å²) in [4.78, 5) is 5.00. The SMILES string of the molecule is [N-]=[N+]=Nc1ccc(N=[N+]=[N-])nn1. The van der Waals surface area contributed by atoms with E-state index in [-0.39, 0.29) is 11.6 Å². The van der Waals surface area contributed by atoms with Gasteiger partial charge in [0.2, 0.25) is 0 Å². The highest BCUT2D eigenvalue weighted by Gasteiger charge is 1.91. The molecule has 0 atom stereocenters. The molecule has 0 fully saturated rings. The van der Waals surface area contributed by atoms with Crippen LogP contribution in [0.5, 0.6) is 0 Å². The van der Waals surface area contributed by atoms with Crippen LogP contribution in [0.25, 0.3) is 20.9 Å². The minimum absolute atomic E-state index is 0.134. The lowest BCUT2D eigenvalue weighted by molar-refractivity contribution is 1.01. The van der Waals surface area contributed by atoms with Gasteiger partial charge in [-0.1, -0.05) is 0 Å². The maximum atomic E-state index is 8.00. The summed E-state index contributed by atoms with van der Waals surface area (Å²) in [5, 5.41) is 13.3. The second kappa shape index (κ2) is 3.77. The van der Waals surface area contributed by atoms with Crippen molar-refractivity contribution >= 4 is 11.6 Å². The first-order chi connectivity index (χ1) is 5.86. The van der Waals surface area contributed by atoms with Gasteiger partial charge in [-0.05, 0) is 33.4 Å². The van der Waals surface area contributed by atoms with Crippen LogP contribution in [0.1, 0.15) is 0 Å². The lowest BCUT2D eigenvalue weighted by atomic mass is 10.5. The van der Waals surface area contributed by atoms with Crippen molar-refractivity contribution < 1.29 is 0 Å². The summed E-state index contributed by atoms with van der Waals surface area (Å²) in [7, 11) is 0. The largest absolute Gasteiger partial charge is 0.149 e. The molecule has 8 heteroatoms. The van der Waals surface area contributed by atoms with Crippen LogP contribution in [0.4, 0.5) is 11.6 Å². The Labute approximate surface area is 66.1 Å². The third-order valence-electron chi connectivity index (χ3n) is 0.931. The van der Waals surface area contributed by atoms with Gasteiger partial charge in [-0.25, -0.2) is 0 Å². The quantitative estimate of drug-likeness (QED) is 0.376. The number of hydrogen-bond acceptors (Lipinski definition) is 4. The van der Waals surface area contributed by atoms with Gasteiger partial charge in [-0.3, -0.25) is 0 Å². The average molecular weight is 162 g/mol. The third kappa shape index (κ3) is 1.84. The molecule has 0 N–H and O–H groups in total. The summed E-state index contributed by atoms with van der Waals surface area (Å²) < 4.78 is 0. The van der Waals surface area contributed by atoms with Crippen LogP contribution < -0.4 is 0 Å². The molecule has 0 saturated heterocycles. The van der Waals surface area contributed by atoms with Crippen molar-refractivity contribution in [2.75, 3.05) is 0 Å². The van der Waals surface area contributed by atoms with E-state index in [9.17, 15) is 0 Å². The zero-order chi connectivity index (χ0) is 8.81. The number of aromatic nitrogens is 2. The van der Waals surface area contributed by atoms with Gasteiger partial charge in [-0.15, -0.1) is 10.2 Å². The van der Waals surface area contributed by atoms with E-state index in [1.807, 2.05) is 0 Å². The first kappa shape index (κ1) is 7.80. The van der Waals surface area contributed by atoms with Crippen molar-refractivity contribution in [2.45, 2.75) is 0 Å². The topological polar surface area (TPSA) is 123 Å². The van der Waals surface area contributed by atoms with Crippen LogP contribution in [0.3, 0.4) is 0 Å². The van der Waals surface area contributed by atoms with Gasteiger partial charge in [0.15, 0.2) is 0 Å². The van der Waals surface area contributed by atoms with Crippen molar-refractivity contribution in [1.82, 2.24) is 10.2 Å². The molecule has 1 heterocycles. The van der Waals surface area contributed by atoms with Crippen molar-refractivity contribution in [3.63, 3.8) is 0 Å². The molecular weight excluding hydrogens is 160 g/mol. The predicted molar refractivity (Wildman–Crippen MR) is 39.6 cm³/mol. The van der Waals surface area contributed by atoms with Crippen molar-refractivity contribution in [3.8, 4) is 0 Å². The summed E-state index contributed by atoms with van der Waals surface area (Å²) in [6.07, 6.45) is 0. The summed E-state index contributed by atoms with van der Waals surface area (Å²) in [5.41, 5.74) is 16.0. The first-order valence-electron chi connectivity index (χ1n) is 2.81. The summed E-state index contributed by atoms with van der Waals surface area (Å²) >= 11 is 0. The van der Waals surface area contributed by atoms with Gasteiger partial charge in [0.25, 0.3) is 0 Å². The smallest absolute Gasteiger partial charge is 0.148 e. The summed E-state index contributed by atoms with van der Waals surface area (Å²) in [6, 6.07) is 2.80. The molecule has 0 aliphatic heterocycles. The highest BCUT2D eigenvalue weighted by molar-refractivity contribution is 5.32. The van der Waals surface area contributed by atoms with E-state index in [0.29, 0.717) is 0 Å². The molecule has 0 spiro atoms. The van der Waals surface area contributed by atoms with Crippen LogP contribution in [0.15, 0.2) is 22.4 Å². The number of nitrogens with zero attached hydrogens (tertiary/aromatic N) is 8. The molecular formula is C4H2N8. The van der Waals surface area contributed by atoms with Gasteiger partial charge in [0.05, 0.1) is 0 Å². The Kier molecular flexibility index (Phi) is 2.45. The molecule has 0 aromatic carbocycles. The Morgan fingerprint density at radius 3 is 1.67 bits per heavy atom. The fraction of sp³-hybridized carbons (Fsp3) is 0. The molecule has 0 unspecified atom stereocenters. The lowest BCUT2D eigenvalue weighted by Crippen LogP contribution is -1.78. The summed E-state index contributed by atoms with van der Waals surface area (Å²) in [5.74, 6) is 0.267. The van der Waals surface area contributed by atoms with Crippen LogP contribution in [-0.4, -0.2) is 10.2 Å². The van der Waals surface area contributed by atoms with Crippen molar-refractivity contribution in [2.24, 2.45) is 10.2 Å². The van der Waals surface area contributed by atoms with E-state index in [0.717, 1.165) is 0 Å². The molecule has 0 amide bonds. The second-order valence-electron chi connectivity index (χ2n) is 1.63.